The second-order valence-corrected chi connectivity index (χ2v) is 9.12. The summed E-state index contributed by atoms with van der Waals surface area (Å²) in [6.07, 6.45) is 1.93. The molecule has 10 heteroatoms. The Bertz CT molecular complexity index is 1080. The van der Waals surface area contributed by atoms with Crippen molar-refractivity contribution in [1.29, 1.82) is 0 Å². The van der Waals surface area contributed by atoms with Crippen LogP contribution < -0.4 is 5.32 Å². The number of aromatic nitrogens is 4. The number of halogens is 1. The highest BCUT2D eigenvalue weighted by Crippen LogP contribution is 2.35. The molecule has 0 atom stereocenters. The minimum atomic E-state index is -0.710. The number of H-pyrrole nitrogens is 1. The highest BCUT2D eigenvalue weighted by Gasteiger charge is 2.34. The van der Waals surface area contributed by atoms with Gasteiger partial charge in [0.15, 0.2) is 5.82 Å². The van der Waals surface area contributed by atoms with Gasteiger partial charge in [0.1, 0.15) is 5.82 Å². The average molecular weight is 471 g/mol. The molecule has 3 aromatic rings. The Morgan fingerprint density at radius 3 is 2.59 bits per heavy atom. The molecule has 0 spiro atoms. The molecule has 182 valence electrons. The highest BCUT2D eigenvalue weighted by molar-refractivity contribution is 5.77. The van der Waals surface area contributed by atoms with Crippen molar-refractivity contribution in [3.63, 3.8) is 0 Å². The number of hydrogen-bond acceptors (Lipinski definition) is 8. The van der Waals surface area contributed by atoms with E-state index in [4.69, 9.17) is 14.5 Å². The topological polar surface area (TPSA) is 108 Å². The summed E-state index contributed by atoms with van der Waals surface area (Å²) in [7, 11) is 4.07. The summed E-state index contributed by atoms with van der Waals surface area (Å²) >= 11 is 0. The first-order valence-corrected chi connectivity index (χ1v) is 11.3. The number of aliphatic hydroxyl groups excluding tert-OH is 1. The molecular weight excluding hydrogens is 439 g/mol. The van der Waals surface area contributed by atoms with Crippen molar-refractivity contribution >= 4 is 5.95 Å². The van der Waals surface area contributed by atoms with Crippen molar-refractivity contribution in [2.24, 2.45) is 5.41 Å². The molecule has 0 radical (unpaired) electrons. The number of nitrogens with zero attached hydrogens (tertiary/aromatic N) is 4. The fraction of sp³-hybridized carbons (Fsp3) is 0.458. The molecule has 1 aliphatic rings. The summed E-state index contributed by atoms with van der Waals surface area (Å²) in [6.45, 7) is 4.25. The molecule has 3 heterocycles. The van der Waals surface area contributed by atoms with Crippen LogP contribution in [0.15, 0.2) is 36.5 Å². The number of anilines is 1. The first-order chi connectivity index (χ1) is 16.4. The molecule has 1 fully saturated rings. The molecule has 1 saturated heterocycles. The van der Waals surface area contributed by atoms with Gasteiger partial charge < -0.3 is 29.8 Å². The van der Waals surface area contributed by atoms with Crippen molar-refractivity contribution in [3.05, 3.63) is 48.2 Å². The third-order valence-corrected chi connectivity index (χ3v) is 5.59. The maximum Gasteiger partial charge on any atom is 0.223 e. The van der Waals surface area contributed by atoms with Gasteiger partial charge in [-0.15, -0.1) is 0 Å². The van der Waals surface area contributed by atoms with Crippen LogP contribution in [0.4, 0.5) is 10.3 Å². The molecule has 34 heavy (non-hydrogen) atoms. The Balaban J connectivity index is 1.62. The van der Waals surface area contributed by atoms with Gasteiger partial charge in [0.05, 0.1) is 36.9 Å². The van der Waals surface area contributed by atoms with Gasteiger partial charge >= 0.3 is 0 Å². The first-order valence-electron chi connectivity index (χ1n) is 11.3. The number of ether oxygens (including phenoxy) is 2. The summed E-state index contributed by atoms with van der Waals surface area (Å²) in [5, 5.41) is 12.8. The number of aromatic amines is 1. The second-order valence-electron chi connectivity index (χ2n) is 9.12. The van der Waals surface area contributed by atoms with E-state index in [0.717, 1.165) is 25.1 Å². The lowest BCUT2D eigenvalue weighted by Crippen LogP contribution is -2.39. The van der Waals surface area contributed by atoms with E-state index in [9.17, 15) is 9.50 Å². The smallest absolute Gasteiger partial charge is 0.223 e. The lowest BCUT2D eigenvalue weighted by atomic mass is 9.94. The zero-order valence-corrected chi connectivity index (χ0v) is 19.7. The van der Waals surface area contributed by atoms with Gasteiger partial charge in [0, 0.05) is 23.7 Å². The molecule has 1 aromatic carbocycles. The van der Waals surface area contributed by atoms with Gasteiger partial charge in [0.2, 0.25) is 12.2 Å². The SMILES string of the molecule is CN(C)CCCNc1nccc(-c2[nH]c(C3OCC(C)(CO)CO3)nc2-c2ccc(F)cc2)n1. The Morgan fingerprint density at radius 2 is 1.91 bits per heavy atom. The van der Waals surface area contributed by atoms with Gasteiger partial charge in [-0.25, -0.2) is 19.3 Å². The van der Waals surface area contributed by atoms with Gasteiger partial charge in [0.25, 0.3) is 0 Å². The third-order valence-electron chi connectivity index (χ3n) is 5.59. The number of benzene rings is 1. The number of rotatable bonds is 9. The average Bonchev–Trinajstić information content (AvgIpc) is 3.28. The maximum atomic E-state index is 13.6. The molecule has 1 aliphatic heterocycles. The molecule has 0 saturated carbocycles. The van der Waals surface area contributed by atoms with Crippen LogP contribution in [-0.4, -0.2) is 76.9 Å². The van der Waals surface area contributed by atoms with Gasteiger partial charge in [-0.3, -0.25) is 0 Å². The summed E-state index contributed by atoms with van der Waals surface area (Å²) in [6, 6.07) is 7.93. The van der Waals surface area contributed by atoms with Gasteiger partial charge in [-0.05, 0) is 57.4 Å². The van der Waals surface area contributed by atoms with Crippen molar-refractivity contribution in [3.8, 4) is 22.6 Å². The fourth-order valence-corrected chi connectivity index (χ4v) is 3.58. The zero-order valence-electron chi connectivity index (χ0n) is 19.7. The van der Waals surface area contributed by atoms with Gasteiger partial charge in [-0.2, -0.15) is 0 Å². The Morgan fingerprint density at radius 1 is 1.18 bits per heavy atom. The fourth-order valence-electron chi connectivity index (χ4n) is 3.58. The van der Waals surface area contributed by atoms with E-state index in [0.29, 0.717) is 42.1 Å². The molecule has 4 rings (SSSR count). The zero-order chi connectivity index (χ0) is 24.1. The first kappa shape index (κ1) is 24.2. The standard InChI is InChI=1S/C24H31FN6O3/c1-24(13-32)14-33-22(34-15-24)21-29-19(16-5-7-17(25)8-6-16)20(30-21)18-9-11-27-23(28-18)26-10-4-12-31(2)3/h5-9,11,22,32H,4,10,12-15H2,1-3H3,(H,29,30)(H,26,27,28). The molecule has 0 amide bonds. The third kappa shape index (κ3) is 5.76. The predicted octanol–water partition coefficient (Wildman–Crippen LogP) is 3.08. The lowest BCUT2D eigenvalue weighted by Gasteiger charge is -2.35. The number of aliphatic hydroxyl groups is 1. The van der Waals surface area contributed by atoms with Crippen molar-refractivity contribution in [2.75, 3.05) is 52.3 Å². The van der Waals surface area contributed by atoms with Crippen molar-refractivity contribution in [2.45, 2.75) is 19.6 Å². The van der Waals surface area contributed by atoms with Crippen LogP contribution in [0.5, 0.6) is 0 Å². The summed E-state index contributed by atoms with van der Waals surface area (Å²) < 4.78 is 25.3. The Hall–Kier alpha value is -2.92. The summed E-state index contributed by atoms with van der Waals surface area (Å²) in [4.78, 5) is 19.1. The largest absolute Gasteiger partial charge is 0.396 e. The number of imidazole rings is 1. The highest BCUT2D eigenvalue weighted by atomic mass is 19.1. The Kier molecular flexibility index (Phi) is 7.52. The Labute approximate surface area is 198 Å². The van der Waals surface area contributed by atoms with E-state index in [1.807, 2.05) is 21.0 Å². The van der Waals surface area contributed by atoms with Crippen LogP contribution in [0.3, 0.4) is 0 Å². The molecule has 3 N–H and O–H groups in total. The van der Waals surface area contributed by atoms with E-state index >= 15 is 0 Å². The van der Waals surface area contributed by atoms with E-state index < -0.39 is 11.7 Å². The van der Waals surface area contributed by atoms with Crippen LogP contribution in [0, 0.1) is 11.2 Å². The number of nitrogens with one attached hydrogen (secondary N) is 2. The molecular formula is C24H31FN6O3. The van der Waals surface area contributed by atoms with Crippen molar-refractivity contribution < 1.29 is 19.0 Å². The van der Waals surface area contributed by atoms with Gasteiger partial charge in [-0.1, -0.05) is 6.92 Å². The second kappa shape index (κ2) is 10.6. The normalized spacial score (nSPS) is 20.6. The summed E-state index contributed by atoms with van der Waals surface area (Å²) in [5.41, 5.74) is 2.18. The van der Waals surface area contributed by atoms with Crippen LogP contribution in [0.2, 0.25) is 0 Å². The van der Waals surface area contributed by atoms with E-state index in [2.05, 4.69) is 25.2 Å². The summed E-state index contributed by atoms with van der Waals surface area (Å²) in [5.74, 6) is 0.671. The molecule has 0 unspecified atom stereocenters. The predicted molar refractivity (Wildman–Crippen MR) is 127 cm³/mol. The van der Waals surface area contributed by atoms with Crippen LogP contribution >= 0.6 is 0 Å². The monoisotopic (exact) mass is 470 g/mol. The van der Waals surface area contributed by atoms with E-state index in [-0.39, 0.29) is 12.4 Å². The van der Waals surface area contributed by atoms with E-state index in [1.54, 1.807) is 24.4 Å². The quantitative estimate of drug-likeness (QED) is 0.410. The van der Waals surface area contributed by atoms with Crippen LogP contribution in [0.25, 0.3) is 22.6 Å². The molecule has 9 nitrogen and oxygen atoms in total. The van der Waals surface area contributed by atoms with Crippen LogP contribution in [0.1, 0.15) is 25.5 Å². The molecule has 0 aliphatic carbocycles. The molecule has 2 aromatic heterocycles. The van der Waals surface area contributed by atoms with Crippen LogP contribution in [-0.2, 0) is 9.47 Å². The maximum absolute atomic E-state index is 13.6. The van der Waals surface area contributed by atoms with Crippen molar-refractivity contribution in [1.82, 2.24) is 24.8 Å². The minimum Gasteiger partial charge on any atom is -0.396 e. The lowest BCUT2D eigenvalue weighted by molar-refractivity contribution is -0.239. The number of hydrogen-bond donors (Lipinski definition) is 3. The van der Waals surface area contributed by atoms with E-state index in [1.165, 1.54) is 12.1 Å². The minimum absolute atomic E-state index is 0.0325. The molecule has 0 bridgehead atoms.